The average molecular weight is 244 g/mol. The molecule has 2 heterocycles. The van der Waals surface area contributed by atoms with Crippen LogP contribution in [0.4, 0.5) is 4.39 Å². The van der Waals surface area contributed by atoms with E-state index in [4.69, 9.17) is 4.42 Å². The van der Waals surface area contributed by atoms with E-state index in [0.717, 1.165) is 0 Å². The molecule has 0 bridgehead atoms. The lowest BCUT2D eigenvalue weighted by Gasteiger charge is -2.05. The lowest BCUT2D eigenvalue weighted by molar-refractivity contribution is 0.187. The van der Waals surface area contributed by atoms with E-state index in [1.54, 1.807) is 24.3 Å². The van der Waals surface area contributed by atoms with Crippen molar-refractivity contribution in [3.63, 3.8) is 0 Å². The van der Waals surface area contributed by atoms with Gasteiger partial charge in [-0.3, -0.25) is 0 Å². The molecule has 3 aromatic rings. The number of furan rings is 1. The molecule has 0 aliphatic carbocycles. The Labute approximate surface area is 102 Å². The average Bonchev–Trinajstić information content (AvgIpc) is 2.84. The van der Waals surface area contributed by atoms with Crippen LogP contribution in [-0.4, -0.2) is 15.1 Å². The Morgan fingerprint density at radius 2 is 2.17 bits per heavy atom. The number of hydrogen-bond acceptors (Lipinski definition) is 4. The van der Waals surface area contributed by atoms with E-state index in [1.165, 1.54) is 18.6 Å². The molecule has 1 atom stereocenters. The van der Waals surface area contributed by atoms with Gasteiger partial charge in [0.15, 0.2) is 17.5 Å². The molecule has 0 saturated carbocycles. The Bertz CT molecular complexity index is 682. The van der Waals surface area contributed by atoms with Gasteiger partial charge in [-0.05, 0) is 18.2 Å². The standard InChI is InChI=1S/C13H9FN2O2/c14-9-3-1-2-8-6-11(18-13(8)9)12(17)10-4-5-15-7-16-10/h1-7,12,17H. The predicted molar refractivity (Wildman–Crippen MR) is 62.3 cm³/mol. The van der Waals surface area contributed by atoms with Gasteiger partial charge in [0.1, 0.15) is 12.1 Å². The normalized spacial score (nSPS) is 12.8. The molecule has 0 aliphatic heterocycles. The summed E-state index contributed by atoms with van der Waals surface area (Å²) in [6.45, 7) is 0. The van der Waals surface area contributed by atoms with Crippen LogP contribution in [0.1, 0.15) is 17.6 Å². The molecular formula is C13H9FN2O2. The number of benzene rings is 1. The van der Waals surface area contributed by atoms with Gasteiger partial charge >= 0.3 is 0 Å². The minimum Gasteiger partial charge on any atom is -0.455 e. The third-order valence-corrected chi connectivity index (χ3v) is 2.67. The van der Waals surface area contributed by atoms with E-state index in [0.29, 0.717) is 11.1 Å². The van der Waals surface area contributed by atoms with E-state index >= 15 is 0 Å². The van der Waals surface area contributed by atoms with Gasteiger partial charge in [-0.15, -0.1) is 0 Å². The van der Waals surface area contributed by atoms with Gasteiger partial charge in [0.05, 0.1) is 5.69 Å². The van der Waals surface area contributed by atoms with Crippen LogP contribution in [0.3, 0.4) is 0 Å². The molecule has 3 rings (SSSR count). The molecular weight excluding hydrogens is 235 g/mol. The number of aromatic nitrogens is 2. The molecule has 4 nitrogen and oxygen atoms in total. The van der Waals surface area contributed by atoms with Gasteiger partial charge in [0.25, 0.3) is 0 Å². The Morgan fingerprint density at radius 1 is 1.28 bits per heavy atom. The maximum absolute atomic E-state index is 13.5. The molecule has 1 aromatic carbocycles. The number of halogens is 1. The summed E-state index contributed by atoms with van der Waals surface area (Å²) < 4.78 is 18.8. The van der Waals surface area contributed by atoms with E-state index < -0.39 is 11.9 Å². The number of aliphatic hydroxyl groups excluding tert-OH is 1. The summed E-state index contributed by atoms with van der Waals surface area (Å²) in [5.41, 5.74) is 0.546. The first-order valence-electron chi connectivity index (χ1n) is 5.37. The second-order valence-corrected chi connectivity index (χ2v) is 3.84. The summed E-state index contributed by atoms with van der Waals surface area (Å²) >= 11 is 0. The fraction of sp³-hybridized carbons (Fsp3) is 0.0769. The lowest BCUT2D eigenvalue weighted by atomic mass is 10.2. The maximum Gasteiger partial charge on any atom is 0.170 e. The zero-order valence-electron chi connectivity index (χ0n) is 9.25. The maximum atomic E-state index is 13.5. The molecule has 0 amide bonds. The topological polar surface area (TPSA) is 59.2 Å². The highest BCUT2D eigenvalue weighted by Crippen LogP contribution is 2.28. The molecule has 0 radical (unpaired) electrons. The van der Waals surface area contributed by atoms with Crippen molar-refractivity contribution in [2.45, 2.75) is 6.10 Å². The summed E-state index contributed by atoms with van der Waals surface area (Å²) in [5.74, 6) is -0.192. The van der Waals surface area contributed by atoms with Crippen molar-refractivity contribution in [1.82, 2.24) is 9.97 Å². The Morgan fingerprint density at radius 3 is 2.89 bits per heavy atom. The highest BCUT2D eigenvalue weighted by atomic mass is 19.1. The van der Waals surface area contributed by atoms with Gasteiger partial charge in [-0.2, -0.15) is 0 Å². The SMILES string of the molecule is OC(c1ccncn1)c1cc2cccc(F)c2o1. The summed E-state index contributed by atoms with van der Waals surface area (Å²) in [4.78, 5) is 7.70. The van der Waals surface area contributed by atoms with Crippen molar-refractivity contribution in [3.05, 3.63) is 60.1 Å². The fourth-order valence-electron chi connectivity index (χ4n) is 1.79. The van der Waals surface area contributed by atoms with Crippen LogP contribution < -0.4 is 0 Å². The first-order valence-corrected chi connectivity index (χ1v) is 5.37. The highest BCUT2D eigenvalue weighted by molar-refractivity contribution is 5.78. The number of nitrogens with zero attached hydrogens (tertiary/aromatic N) is 2. The molecule has 90 valence electrons. The van der Waals surface area contributed by atoms with Gasteiger partial charge in [0, 0.05) is 11.6 Å². The molecule has 0 fully saturated rings. The largest absolute Gasteiger partial charge is 0.455 e. The van der Waals surface area contributed by atoms with Gasteiger partial charge in [-0.25, -0.2) is 14.4 Å². The number of hydrogen-bond donors (Lipinski definition) is 1. The van der Waals surface area contributed by atoms with Gasteiger partial charge in [-0.1, -0.05) is 12.1 Å². The van der Waals surface area contributed by atoms with Crippen LogP contribution in [0.2, 0.25) is 0 Å². The van der Waals surface area contributed by atoms with Crippen molar-refractivity contribution >= 4 is 11.0 Å². The van der Waals surface area contributed by atoms with Crippen LogP contribution in [0.25, 0.3) is 11.0 Å². The summed E-state index contributed by atoms with van der Waals surface area (Å²) in [6, 6.07) is 7.80. The zero-order chi connectivity index (χ0) is 12.5. The molecule has 18 heavy (non-hydrogen) atoms. The summed E-state index contributed by atoms with van der Waals surface area (Å²) in [7, 11) is 0. The monoisotopic (exact) mass is 244 g/mol. The molecule has 5 heteroatoms. The van der Waals surface area contributed by atoms with Gasteiger partial charge < -0.3 is 9.52 Å². The third-order valence-electron chi connectivity index (χ3n) is 2.67. The second kappa shape index (κ2) is 4.19. The quantitative estimate of drug-likeness (QED) is 0.752. The van der Waals surface area contributed by atoms with Crippen LogP contribution in [-0.2, 0) is 0 Å². The highest BCUT2D eigenvalue weighted by Gasteiger charge is 2.17. The molecule has 1 N–H and O–H groups in total. The van der Waals surface area contributed by atoms with E-state index in [1.807, 2.05) is 0 Å². The summed E-state index contributed by atoms with van der Waals surface area (Å²) in [5, 5.41) is 10.7. The number of rotatable bonds is 2. The first-order chi connectivity index (χ1) is 8.75. The summed E-state index contributed by atoms with van der Waals surface area (Å²) in [6.07, 6.45) is 1.83. The van der Waals surface area contributed by atoms with Crippen molar-refractivity contribution in [1.29, 1.82) is 0 Å². The third kappa shape index (κ3) is 1.74. The van der Waals surface area contributed by atoms with Crippen molar-refractivity contribution in [2.24, 2.45) is 0 Å². The number of fused-ring (bicyclic) bond motifs is 1. The van der Waals surface area contributed by atoms with Crippen LogP contribution in [0.15, 0.2) is 47.3 Å². The second-order valence-electron chi connectivity index (χ2n) is 3.84. The minimum atomic E-state index is -1.03. The molecule has 1 unspecified atom stereocenters. The van der Waals surface area contributed by atoms with E-state index in [2.05, 4.69) is 9.97 Å². The van der Waals surface area contributed by atoms with Crippen LogP contribution in [0, 0.1) is 5.82 Å². The molecule has 0 saturated heterocycles. The Hall–Kier alpha value is -2.27. The Kier molecular flexibility index (Phi) is 2.53. The molecule has 0 spiro atoms. The minimum absolute atomic E-state index is 0.139. The fourth-order valence-corrected chi connectivity index (χ4v) is 1.79. The van der Waals surface area contributed by atoms with Crippen molar-refractivity contribution in [3.8, 4) is 0 Å². The Balaban J connectivity index is 2.07. The van der Waals surface area contributed by atoms with Crippen molar-refractivity contribution < 1.29 is 13.9 Å². The van der Waals surface area contributed by atoms with E-state index in [-0.39, 0.29) is 11.3 Å². The van der Waals surface area contributed by atoms with Crippen LogP contribution in [0.5, 0.6) is 0 Å². The van der Waals surface area contributed by atoms with E-state index in [9.17, 15) is 9.50 Å². The smallest absolute Gasteiger partial charge is 0.170 e. The molecule has 2 aromatic heterocycles. The van der Waals surface area contributed by atoms with Gasteiger partial charge in [0.2, 0.25) is 0 Å². The number of para-hydroxylation sites is 1. The van der Waals surface area contributed by atoms with Crippen molar-refractivity contribution in [2.75, 3.05) is 0 Å². The number of aliphatic hydroxyl groups is 1. The van der Waals surface area contributed by atoms with Crippen LogP contribution >= 0.6 is 0 Å². The first kappa shape index (κ1) is 10.9. The lowest BCUT2D eigenvalue weighted by Crippen LogP contribution is -2.00. The molecule has 0 aliphatic rings. The zero-order valence-corrected chi connectivity index (χ0v) is 9.25. The predicted octanol–water partition coefficient (Wildman–Crippen LogP) is 2.44.